The van der Waals surface area contributed by atoms with E-state index in [1.54, 1.807) is 12.1 Å². The first-order chi connectivity index (χ1) is 16.9. The van der Waals surface area contributed by atoms with Crippen LogP contribution in [-0.2, 0) is 4.79 Å². The summed E-state index contributed by atoms with van der Waals surface area (Å²) in [6.07, 6.45) is 2.02. The molecule has 0 saturated heterocycles. The zero-order valence-corrected chi connectivity index (χ0v) is 19.4. The van der Waals surface area contributed by atoms with E-state index in [0.717, 1.165) is 45.7 Å². The third kappa shape index (κ3) is 4.59. The lowest BCUT2D eigenvalue weighted by molar-refractivity contribution is -0.118. The maximum absolute atomic E-state index is 13.4. The highest BCUT2D eigenvalue weighted by Crippen LogP contribution is 2.33. The van der Waals surface area contributed by atoms with Crippen molar-refractivity contribution in [3.63, 3.8) is 0 Å². The smallest absolute Gasteiger partial charge is 0.229 e. The number of hydrogen-bond donors (Lipinski definition) is 4. The highest BCUT2D eigenvalue weighted by Gasteiger charge is 2.22. The number of likely N-dealkylation sites (N-methyl/N-ethyl adjacent to an activating group) is 1. The minimum absolute atomic E-state index is 0.365. The number of primary amides is 1. The van der Waals surface area contributed by atoms with Gasteiger partial charge in [-0.15, -0.1) is 5.53 Å². The van der Waals surface area contributed by atoms with Gasteiger partial charge in [0.2, 0.25) is 5.91 Å². The first-order valence-corrected chi connectivity index (χ1v) is 11.2. The zero-order chi connectivity index (χ0) is 24.5. The van der Waals surface area contributed by atoms with E-state index in [1.165, 1.54) is 12.1 Å². The topological polar surface area (TPSA) is 102 Å². The number of carbonyl (C=O) groups excluding carboxylic acids is 1. The molecule has 3 aromatic carbocycles. The molecule has 0 fully saturated rings. The van der Waals surface area contributed by atoms with Crippen molar-refractivity contribution in [3.8, 4) is 11.3 Å². The Morgan fingerprint density at radius 1 is 1.09 bits per heavy atom. The zero-order valence-electron chi connectivity index (χ0n) is 19.4. The van der Waals surface area contributed by atoms with Crippen LogP contribution in [-0.4, -0.2) is 41.6 Å². The molecule has 1 aliphatic heterocycles. The van der Waals surface area contributed by atoms with Crippen molar-refractivity contribution in [3.05, 3.63) is 95.6 Å². The average molecular weight is 472 g/mol. The molecule has 2 heterocycles. The van der Waals surface area contributed by atoms with E-state index < -0.39 is 11.8 Å². The first kappa shape index (κ1) is 22.6. The molecule has 1 aromatic heterocycles. The summed E-state index contributed by atoms with van der Waals surface area (Å²) in [5.41, 5.74) is 17.9. The Balaban J connectivity index is 1.51. The molecule has 5 N–H and O–H groups in total. The molecule has 8 nitrogen and oxygen atoms in total. The van der Waals surface area contributed by atoms with Gasteiger partial charge in [-0.05, 0) is 61.6 Å². The van der Waals surface area contributed by atoms with Gasteiger partial charge in [-0.2, -0.15) is 5.10 Å². The number of halogens is 1. The summed E-state index contributed by atoms with van der Waals surface area (Å²) in [6, 6.07) is 19.4. The fourth-order valence-electron chi connectivity index (χ4n) is 4.33. The number of carbonyl (C=O) groups is 1. The molecule has 0 radical (unpaired) electrons. The summed E-state index contributed by atoms with van der Waals surface area (Å²) >= 11 is 0. The number of rotatable bonds is 7. The number of amides is 1. The molecule has 1 amide bonds. The number of benzene rings is 3. The lowest BCUT2D eigenvalue weighted by atomic mass is 9.89. The van der Waals surface area contributed by atoms with Gasteiger partial charge in [-0.25, -0.2) is 4.39 Å². The van der Waals surface area contributed by atoms with Gasteiger partial charge < -0.3 is 16.1 Å². The van der Waals surface area contributed by atoms with Crippen molar-refractivity contribution in [1.82, 2.24) is 26.1 Å². The Kier molecular flexibility index (Phi) is 5.94. The molecule has 35 heavy (non-hydrogen) atoms. The van der Waals surface area contributed by atoms with Crippen LogP contribution in [0.1, 0.15) is 17.0 Å². The summed E-state index contributed by atoms with van der Waals surface area (Å²) in [6.45, 7) is 0.782. The molecule has 1 aliphatic rings. The molecule has 0 spiro atoms. The van der Waals surface area contributed by atoms with E-state index in [9.17, 15) is 9.18 Å². The molecule has 0 aliphatic carbocycles. The van der Waals surface area contributed by atoms with Gasteiger partial charge in [0, 0.05) is 23.7 Å². The van der Waals surface area contributed by atoms with Gasteiger partial charge in [0.25, 0.3) is 0 Å². The van der Waals surface area contributed by atoms with Crippen LogP contribution in [0, 0.1) is 5.82 Å². The van der Waals surface area contributed by atoms with E-state index in [4.69, 9.17) is 5.73 Å². The Morgan fingerprint density at radius 3 is 2.63 bits per heavy atom. The van der Waals surface area contributed by atoms with Gasteiger partial charge in [-0.3, -0.25) is 14.9 Å². The highest BCUT2D eigenvalue weighted by atomic mass is 19.1. The van der Waals surface area contributed by atoms with E-state index in [-0.39, 0.29) is 5.82 Å². The number of aromatic nitrogens is 2. The summed E-state index contributed by atoms with van der Waals surface area (Å²) in [7, 11) is 4.03. The van der Waals surface area contributed by atoms with Crippen LogP contribution in [0.5, 0.6) is 0 Å². The second-order valence-electron chi connectivity index (χ2n) is 8.81. The molecule has 1 atom stereocenters. The molecule has 178 valence electrons. The van der Waals surface area contributed by atoms with Crippen LogP contribution >= 0.6 is 0 Å². The fourth-order valence-corrected chi connectivity index (χ4v) is 4.33. The van der Waals surface area contributed by atoms with Gasteiger partial charge in [-0.1, -0.05) is 30.3 Å². The van der Waals surface area contributed by atoms with Crippen LogP contribution in [0.25, 0.3) is 22.2 Å². The quantitative estimate of drug-likeness (QED) is 0.330. The molecular formula is C26H26FN7O. The fraction of sp³-hybridized carbons (Fsp3) is 0.154. The SMILES string of the molecule is CN(C)CC1=CN(c2ccc3[nH]nc(-c4cccc(C(C(N)=O)c5ccc(F)cc5)c4)c3c2)NN1. The Bertz CT molecular complexity index is 1410. The first-order valence-electron chi connectivity index (χ1n) is 11.2. The number of nitrogens with zero attached hydrogens (tertiary/aromatic N) is 3. The molecule has 1 unspecified atom stereocenters. The van der Waals surface area contributed by atoms with E-state index in [0.29, 0.717) is 5.56 Å². The van der Waals surface area contributed by atoms with Gasteiger partial charge >= 0.3 is 0 Å². The minimum Gasteiger partial charge on any atom is -0.369 e. The largest absolute Gasteiger partial charge is 0.369 e. The number of aromatic amines is 1. The number of H-pyrrole nitrogens is 1. The molecule has 4 aromatic rings. The lowest BCUT2D eigenvalue weighted by Gasteiger charge is -2.16. The normalized spacial score (nSPS) is 14.3. The summed E-state index contributed by atoms with van der Waals surface area (Å²) in [5, 5.41) is 10.5. The molecule has 0 bridgehead atoms. The number of anilines is 1. The maximum Gasteiger partial charge on any atom is 0.229 e. The lowest BCUT2D eigenvalue weighted by Crippen LogP contribution is -2.37. The second-order valence-corrected chi connectivity index (χ2v) is 8.81. The molecule has 5 rings (SSSR count). The molecular weight excluding hydrogens is 445 g/mol. The van der Waals surface area contributed by atoms with E-state index >= 15 is 0 Å². The third-order valence-electron chi connectivity index (χ3n) is 5.91. The maximum atomic E-state index is 13.4. The summed E-state index contributed by atoms with van der Waals surface area (Å²) in [5.74, 6) is -1.57. The summed E-state index contributed by atoms with van der Waals surface area (Å²) < 4.78 is 13.4. The average Bonchev–Trinajstić information content (AvgIpc) is 3.47. The van der Waals surface area contributed by atoms with Gasteiger partial charge in [0.05, 0.1) is 28.5 Å². The number of nitrogens with two attached hydrogens (primary N) is 1. The van der Waals surface area contributed by atoms with Gasteiger partial charge in [0.15, 0.2) is 0 Å². The second kappa shape index (κ2) is 9.21. The van der Waals surface area contributed by atoms with Crippen LogP contribution in [0.2, 0.25) is 0 Å². The van der Waals surface area contributed by atoms with Crippen molar-refractivity contribution in [2.75, 3.05) is 25.6 Å². The highest BCUT2D eigenvalue weighted by molar-refractivity contribution is 5.95. The van der Waals surface area contributed by atoms with Crippen LogP contribution in [0.4, 0.5) is 10.1 Å². The Labute approximate surface area is 202 Å². The van der Waals surface area contributed by atoms with Crippen molar-refractivity contribution >= 4 is 22.5 Å². The van der Waals surface area contributed by atoms with Crippen molar-refractivity contribution in [2.45, 2.75) is 5.92 Å². The monoisotopic (exact) mass is 471 g/mol. The van der Waals surface area contributed by atoms with Crippen molar-refractivity contribution < 1.29 is 9.18 Å². The minimum atomic E-state index is -0.698. The Morgan fingerprint density at radius 2 is 1.89 bits per heavy atom. The van der Waals surface area contributed by atoms with Gasteiger partial charge in [0.1, 0.15) is 5.82 Å². The predicted octanol–water partition coefficient (Wildman–Crippen LogP) is 3.22. The Hall–Kier alpha value is -4.21. The van der Waals surface area contributed by atoms with E-state index in [1.807, 2.05) is 61.7 Å². The number of nitrogens with one attached hydrogen (secondary N) is 3. The molecule has 0 saturated carbocycles. The van der Waals surface area contributed by atoms with Crippen molar-refractivity contribution in [1.29, 1.82) is 0 Å². The van der Waals surface area contributed by atoms with E-state index in [2.05, 4.69) is 32.1 Å². The van der Waals surface area contributed by atoms with Crippen LogP contribution < -0.4 is 21.7 Å². The number of fused-ring (bicyclic) bond motifs is 1. The van der Waals surface area contributed by atoms with Crippen molar-refractivity contribution in [2.24, 2.45) is 5.73 Å². The third-order valence-corrected chi connectivity index (χ3v) is 5.91. The van der Waals surface area contributed by atoms with Crippen LogP contribution in [0.15, 0.2) is 78.6 Å². The number of hydrogen-bond acceptors (Lipinski definition) is 6. The number of hydrazine groups is 2. The standard InChI is InChI=1S/C26H26FN7O/c1-33(2)14-20-15-34(32-29-20)21-10-11-23-22(13-21)25(31-30-23)18-5-3-4-17(12-18)24(26(28)35)16-6-8-19(27)9-7-16/h3-13,15,24,29,32H,14H2,1-2H3,(H2,28,35)(H,30,31). The predicted molar refractivity (Wildman–Crippen MR) is 134 cm³/mol. The van der Waals surface area contributed by atoms with Crippen LogP contribution in [0.3, 0.4) is 0 Å². The molecule has 9 heteroatoms. The summed E-state index contributed by atoms with van der Waals surface area (Å²) in [4.78, 5) is 14.4.